The summed E-state index contributed by atoms with van der Waals surface area (Å²) in [5, 5.41) is 2.41. The van der Waals surface area contributed by atoms with Crippen LogP contribution in [-0.4, -0.2) is 44.8 Å². The van der Waals surface area contributed by atoms with E-state index in [4.69, 9.17) is 9.47 Å². The number of benzene rings is 1. The summed E-state index contributed by atoms with van der Waals surface area (Å²) in [7, 11) is -1.05. The lowest BCUT2D eigenvalue weighted by molar-refractivity contribution is 0.0723. The van der Waals surface area contributed by atoms with E-state index >= 15 is 0 Å². The highest BCUT2D eigenvalue weighted by Crippen LogP contribution is 2.33. The van der Waals surface area contributed by atoms with Crippen LogP contribution >= 0.6 is 0 Å². The van der Waals surface area contributed by atoms with Gasteiger partial charge in [0.2, 0.25) is 10.0 Å². The van der Waals surface area contributed by atoms with Crippen molar-refractivity contribution in [2.45, 2.75) is 24.0 Å². The number of amides is 1. The molecule has 11 heteroatoms. The molecule has 1 aliphatic rings. The number of anilines is 1. The summed E-state index contributed by atoms with van der Waals surface area (Å²) in [4.78, 5) is 12.5. The molecule has 0 saturated carbocycles. The summed E-state index contributed by atoms with van der Waals surface area (Å²) >= 11 is 0. The number of sulfonamides is 1. The number of hydrogen-bond acceptors (Lipinski definition) is 5. The van der Waals surface area contributed by atoms with Crippen LogP contribution in [0.1, 0.15) is 17.4 Å². The van der Waals surface area contributed by atoms with Gasteiger partial charge in [0.25, 0.3) is 5.91 Å². The summed E-state index contributed by atoms with van der Waals surface area (Å²) in [5.41, 5.74) is -0.0600. The molecule has 3 rings (SSSR count). The molecule has 2 aromatic rings. The quantitative estimate of drug-likeness (QED) is 0.791. The van der Waals surface area contributed by atoms with Gasteiger partial charge in [-0.3, -0.25) is 4.79 Å². The zero-order chi connectivity index (χ0) is 20.6. The highest BCUT2D eigenvalue weighted by atomic mass is 32.2. The van der Waals surface area contributed by atoms with Crippen LogP contribution in [0.25, 0.3) is 0 Å². The monoisotopic (exact) mass is 415 g/mol. The first-order chi connectivity index (χ1) is 13.1. The molecule has 1 aromatic heterocycles. The number of aromatic nitrogens is 1. The molecule has 2 unspecified atom stereocenters. The molecule has 0 fully saturated rings. The summed E-state index contributed by atoms with van der Waals surface area (Å²) in [5.74, 6) is -3.03. The number of ether oxygens (including phenoxy) is 2. The van der Waals surface area contributed by atoms with E-state index in [2.05, 4.69) is 10.0 Å². The fraction of sp³-hybridized carbons (Fsp3) is 0.353. The minimum Gasteiger partial charge on any atom is -0.488 e. The average Bonchev–Trinajstić information content (AvgIpc) is 2.92. The van der Waals surface area contributed by atoms with Gasteiger partial charge in [-0.05, 0) is 19.1 Å². The van der Waals surface area contributed by atoms with E-state index in [1.54, 1.807) is 6.92 Å². The van der Waals surface area contributed by atoms with E-state index in [1.807, 2.05) is 0 Å². The Balaban J connectivity index is 1.96. The van der Waals surface area contributed by atoms with Crippen molar-refractivity contribution in [1.29, 1.82) is 0 Å². The Morgan fingerprint density at radius 1 is 1.39 bits per heavy atom. The van der Waals surface area contributed by atoms with Gasteiger partial charge in [0.05, 0.1) is 12.1 Å². The highest BCUT2D eigenvalue weighted by Gasteiger charge is 2.36. The van der Waals surface area contributed by atoms with Gasteiger partial charge in [-0.1, -0.05) is 0 Å². The molecular weight excluding hydrogens is 396 g/mol. The molecule has 1 amide bonds. The van der Waals surface area contributed by atoms with Gasteiger partial charge in [-0.25, -0.2) is 21.9 Å². The molecule has 2 N–H and O–H groups in total. The molecule has 1 aliphatic heterocycles. The molecule has 2 heterocycles. The van der Waals surface area contributed by atoms with E-state index in [1.165, 1.54) is 31.0 Å². The van der Waals surface area contributed by atoms with Crippen molar-refractivity contribution in [1.82, 2.24) is 9.29 Å². The predicted octanol–water partition coefficient (Wildman–Crippen LogP) is 1.63. The summed E-state index contributed by atoms with van der Waals surface area (Å²) in [6.45, 7) is 1.62. The van der Waals surface area contributed by atoms with Crippen LogP contribution in [0.2, 0.25) is 0 Å². The molecule has 28 heavy (non-hydrogen) atoms. The predicted molar refractivity (Wildman–Crippen MR) is 95.8 cm³/mol. The molecule has 8 nitrogen and oxygen atoms in total. The third kappa shape index (κ3) is 3.73. The first kappa shape index (κ1) is 20.2. The molecule has 0 bridgehead atoms. The zero-order valence-electron chi connectivity index (χ0n) is 15.3. The van der Waals surface area contributed by atoms with Crippen molar-refractivity contribution >= 4 is 21.6 Å². The number of rotatable bonds is 4. The Bertz CT molecular complexity index is 1020. The largest absolute Gasteiger partial charge is 0.488 e. The minimum absolute atomic E-state index is 0.0133. The Kier molecular flexibility index (Phi) is 5.41. The van der Waals surface area contributed by atoms with Crippen LogP contribution in [0.4, 0.5) is 14.5 Å². The lowest BCUT2D eigenvalue weighted by Crippen LogP contribution is -2.45. The van der Waals surface area contributed by atoms with Gasteiger partial charge >= 0.3 is 0 Å². The van der Waals surface area contributed by atoms with Crippen LogP contribution in [0.5, 0.6) is 5.75 Å². The topological polar surface area (TPSA) is 98.7 Å². The summed E-state index contributed by atoms with van der Waals surface area (Å²) < 4.78 is 66.4. The van der Waals surface area contributed by atoms with Crippen LogP contribution in [0.3, 0.4) is 0 Å². The standard InChI is InChI=1S/C17H19F2N3O5S/c1-9(26-3)13-8-27-16-14(28(24,25)21-13)7-22(2)15(16)17(23)20-10-4-5-11(18)12(19)6-10/h4-7,9,13,21H,8H2,1-3H3,(H,20,23). The summed E-state index contributed by atoms with van der Waals surface area (Å²) in [6, 6.07) is 2.23. The van der Waals surface area contributed by atoms with Crippen molar-refractivity contribution in [3.8, 4) is 5.75 Å². The van der Waals surface area contributed by atoms with Crippen LogP contribution in [-0.2, 0) is 21.8 Å². The molecule has 152 valence electrons. The number of carbonyl (C=O) groups excluding carboxylic acids is 1. The Morgan fingerprint density at radius 3 is 2.75 bits per heavy atom. The minimum atomic E-state index is -3.97. The molecule has 0 aliphatic carbocycles. The lowest BCUT2D eigenvalue weighted by Gasteiger charge is -2.21. The van der Waals surface area contributed by atoms with Crippen molar-refractivity contribution in [3.05, 3.63) is 41.7 Å². The maximum atomic E-state index is 13.4. The van der Waals surface area contributed by atoms with Gasteiger partial charge in [0.15, 0.2) is 23.1 Å². The third-order valence-electron chi connectivity index (χ3n) is 4.44. The fourth-order valence-corrected chi connectivity index (χ4v) is 4.28. The second kappa shape index (κ2) is 7.49. The van der Waals surface area contributed by atoms with Crippen LogP contribution < -0.4 is 14.8 Å². The Labute approximate surface area is 160 Å². The van der Waals surface area contributed by atoms with Crippen LogP contribution in [0, 0.1) is 11.6 Å². The highest BCUT2D eigenvalue weighted by molar-refractivity contribution is 7.89. The van der Waals surface area contributed by atoms with Crippen molar-refractivity contribution in [2.75, 3.05) is 19.0 Å². The first-order valence-corrected chi connectivity index (χ1v) is 9.76. The number of carbonyl (C=O) groups is 1. The zero-order valence-corrected chi connectivity index (χ0v) is 16.1. The number of hydrogen-bond donors (Lipinski definition) is 2. The Morgan fingerprint density at radius 2 is 2.11 bits per heavy atom. The van der Waals surface area contributed by atoms with Crippen molar-refractivity contribution < 1.29 is 31.5 Å². The second-order valence-corrected chi connectivity index (χ2v) is 8.03. The van der Waals surface area contributed by atoms with E-state index in [0.717, 1.165) is 12.1 Å². The molecule has 2 atom stereocenters. The van der Waals surface area contributed by atoms with Gasteiger partial charge in [-0.15, -0.1) is 0 Å². The molecule has 1 aromatic carbocycles. The smallest absolute Gasteiger partial charge is 0.276 e. The summed E-state index contributed by atoms with van der Waals surface area (Å²) in [6.07, 6.45) is 0.782. The van der Waals surface area contributed by atoms with E-state index in [9.17, 15) is 22.0 Å². The van der Waals surface area contributed by atoms with E-state index in [-0.39, 0.29) is 28.6 Å². The van der Waals surface area contributed by atoms with Gasteiger partial charge in [0, 0.05) is 32.1 Å². The van der Waals surface area contributed by atoms with E-state index in [0.29, 0.717) is 0 Å². The number of nitrogens with zero attached hydrogens (tertiary/aromatic N) is 1. The number of nitrogens with one attached hydrogen (secondary N) is 2. The third-order valence-corrected chi connectivity index (χ3v) is 5.92. The van der Waals surface area contributed by atoms with Gasteiger partial charge < -0.3 is 19.4 Å². The number of aryl methyl sites for hydroxylation is 1. The second-order valence-electron chi connectivity index (χ2n) is 6.34. The fourth-order valence-electron chi connectivity index (χ4n) is 2.80. The molecule has 0 saturated heterocycles. The van der Waals surface area contributed by atoms with Crippen molar-refractivity contribution in [2.24, 2.45) is 7.05 Å². The molecule has 0 spiro atoms. The number of halogens is 2. The molecular formula is C17H19F2N3O5S. The van der Waals surface area contributed by atoms with Gasteiger partial charge in [-0.2, -0.15) is 0 Å². The van der Waals surface area contributed by atoms with Crippen LogP contribution in [0.15, 0.2) is 29.3 Å². The Hall–Kier alpha value is -2.50. The normalized spacial score (nSPS) is 19.2. The molecule has 0 radical (unpaired) electrons. The first-order valence-electron chi connectivity index (χ1n) is 8.27. The SMILES string of the molecule is COC(C)C1COc2c(cn(C)c2C(=O)Nc2ccc(F)c(F)c2)S(=O)(=O)N1. The number of fused-ring (bicyclic) bond motifs is 1. The van der Waals surface area contributed by atoms with Crippen molar-refractivity contribution in [3.63, 3.8) is 0 Å². The van der Waals surface area contributed by atoms with Gasteiger partial charge in [0.1, 0.15) is 11.5 Å². The number of methoxy groups -OCH3 is 1. The average molecular weight is 415 g/mol. The maximum Gasteiger partial charge on any atom is 0.276 e. The lowest BCUT2D eigenvalue weighted by atomic mass is 10.2. The van der Waals surface area contributed by atoms with E-state index < -0.39 is 39.7 Å². The maximum absolute atomic E-state index is 13.4.